The molecule has 0 radical (unpaired) electrons. The van der Waals surface area contributed by atoms with Crippen LogP contribution in [-0.4, -0.2) is 19.6 Å². The molecular formula is C17H18N2O3S2. The van der Waals surface area contributed by atoms with Gasteiger partial charge in [-0.3, -0.25) is 4.79 Å². The largest absolute Gasteiger partial charge is 0.312 e. The Morgan fingerprint density at radius 2 is 1.79 bits per heavy atom. The quantitative estimate of drug-likeness (QED) is 0.899. The first kappa shape index (κ1) is 18.2. The second-order valence-electron chi connectivity index (χ2n) is 5.67. The Hall–Kier alpha value is -2.17. The highest BCUT2D eigenvalue weighted by Gasteiger charge is 2.20. The Bertz CT molecular complexity index is 918. The fourth-order valence-electron chi connectivity index (χ4n) is 2.09. The molecule has 0 spiro atoms. The van der Waals surface area contributed by atoms with Gasteiger partial charge in [0, 0.05) is 10.4 Å². The lowest BCUT2D eigenvalue weighted by molar-refractivity contribution is 0.102. The van der Waals surface area contributed by atoms with Gasteiger partial charge in [0.2, 0.25) is 0 Å². The average Bonchev–Trinajstić information content (AvgIpc) is 2.81. The molecule has 5 nitrogen and oxygen atoms in total. The summed E-state index contributed by atoms with van der Waals surface area (Å²) in [6, 6.07) is 7.91. The summed E-state index contributed by atoms with van der Waals surface area (Å²) in [7, 11) is -3.36. The van der Waals surface area contributed by atoms with E-state index in [-0.39, 0.29) is 10.8 Å². The predicted molar refractivity (Wildman–Crippen MR) is 95.2 cm³/mol. The Morgan fingerprint density at radius 3 is 2.29 bits per heavy atom. The Morgan fingerprint density at radius 1 is 1.21 bits per heavy atom. The lowest BCUT2D eigenvalue weighted by atomic mass is 10.2. The van der Waals surface area contributed by atoms with Crippen molar-refractivity contribution in [1.29, 1.82) is 5.26 Å². The summed E-state index contributed by atoms with van der Waals surface area (Å²) in [4.78, 5) is 13.5. The molecule has 0 saturated carbocycles. The summed E-state index contributed by atoms with van der Waals surface area (Å²) >= 11 is 1.35. The van der Waals surface area contributed by atoms with E-state index in [4.69, 9.17) is 0 Å². The number of benzene rings is 1. The number of amides is 1. The highest BCUT2D eigenvalue weighted by molar-refractivity contribution is 7.92. The number of anilines is 1. The maximum atomic E-state index is 12.3. The first-order chi connectivity index (χ1) is 11.2. The number of nitrogens with zero attached hydrogens (tertiary/aromatic N) is 1. The van der Waals surface area contributed by atoms with E-state index in [0.717, 1.165) is 10.4 Å². The van der Waals surface area contributed by atoms with Gasteiger partial charge in [0.1, 0.15) is 11.1 Å². The van der Waals surface area contributed by atoms with Crippen molar-refractivity contribution in [1.82, 2.24) is 0 Å². The van der Waals surface area contributed by atoms with Crippen LogP contribution in [0.1, 0.15) is 40.2 Å². The molecule has 0 aliphatic heterocycles. The van der Waals surface area contributed by atoms with E-state index in [0.29, 0.717) is 16.1 Å². The summed E-state index contributed by atoms with van der Waals surface area (Å²) in [5.74, 6) is -0.374. The van der Waals surface area contributed by atoms with Gasteiger partial charge in [-0.25, -0.2) is 8.42 Å². The molecule has 2 aromatic rings. The zero-order valence-corrected chi connectivity index (χ0v) is 15.5. The summed E-state index contributed by atoms with van der Waals surface area (Å²) < 4.78 is 24.2. The van der Waals surface area contributed by atoms with Crippen LogP contribution in [-0.2, 0) is 9.84 Å². The fraction of sp³-hybridized carbons (Fsp3) is 0.294. The molecule has 1 aromatic heterocycles. The van der Waals surface area contributed by atoms with Gasteiger partial charge in [-0.05, 0) is 57.5 Å². The molecular weight excluding hydrogens is 344 g/mol. The van der Waals surface area contributed by atoms with Crippen LogP contribution in [0.5, 0.6) is 0 Å². The molecule has 7 heteroatoms. The van der Waals surface area contributed by atoms with Crippen LogP contribution in [0.4, 0.5) is 5.00 Å². The van der Waals surface area contributed by atoms with E-state index >= 15 is 0 Å². The number of nitriles is 1. The van der Waals surface area contributed by atoms with Gasteiger partial charge in [0.25, 0.3) is 5.91 Å². The van der Waals surface area contributed by atoms with Crippen molar-refractivity contribution in [3.05, 3.63) is 45.8 Å². The molecule has 0 atom stereocenters. The van der Waals surface area contributed by atoms with Gasteiger partial charge >= 0.3 is 0 Å². The van der Waals surface area contributed by atoms with Crippen LogP contribution in [0.2, 0.25) is 0 Å². The van der Waals surface area contributed by atoms with Crippen molar-refractivity contribution in [3.8, 4) is 6.07 Å². The highest BCUT2D eigenvalue weighted by atomic mass is 32.2. The Labute approximate surface area is 145 Å². The lowest BCUT2D eigenvalue weighted by Crippen LogP contribution is -2.15. The van der Waals surface area contributed by atoms with Crippen molar-refractivity contribution in [2.24, 2.45) is 0 Å². The number of carbonyl (C=O) groups excluding carboxylic acids is 1. The molecule has 0 fully saturated rings. The predicted octanol–water partition coefficient (Wildman–Crippen LogP) is 3.67. The molecule has 0 aliphatic rings. The zero-order valence-electron chi connectivity index (χ0n) is 13.9. The first-order valence-electron chi connectivity index (χ1n) is 7.34. The van der Waals surface area contributed by atoms with Crippen molar-refractivity contribution in [2.75, 3.05) is 5.32 Å². The van der Waals surface area contributed by atoms with E-state index in [2.05, 4.69) is 11.4 Å². The standard InChI is InChI=1S/C17H18N2O3S2/c1-10(2)24(21,22)14-7-5-13(6-8-14)16(20)19-17-15(9-18)11(3)12(4)23-17/h5-8,10H,1-4H3,(H,19,20). The second-order valence-corrected chi connectivity index (χ2v) is 9.40. The molecule has 0 bridgehead atoms. The minimum Gasteiger partial charge on any atom is -0.312 e. The van der Waals surface area contributed by atoms with E-state index in [1.54, 1.807) is 13.8 Å². The third-order valence-electron chi connectivity index (χ3n) is 3.79. The smallest absolute Gasteiger partial charge is 0.256 e. The monoisotopic (exact) mass is 362 g/mol. The number of sulfone groups is 1. The van der Waals surface area contributed by atoms with Gasteiger partial charge in [-0.2, -0.15) is 5.26 Å². The molecule has 2 rings (SSSR count). The van der Waals surface area contributed by atoms with Crippen molar-refractivity contribution in [2.45, 2.75) is 37.8 Å². The topological polar surface area (TPSA) is 87.0 Å². The molecule has 0 saturated heterocycles. The minimum atomic E-state index is -3.36. The number of hydrogen-bond acceptors (Lipinski definition) is 5. The third kappa shape index (κ3) is 3.35. The first-order valence-corrected chi connectivity index (χ1v) is 9.70. The highest BCUT2D eigenvalue weighted by Crippen LogP contribution is 2.32. The number of thiophene rings is 1. The molecule has 126 valence electrons. The van der Waals surface area contributed by atoms with Crippen LogP contribution >= 0.6 is 11.3 Å². The fourth-order valence-corrected chi connectivity index (χ4v) is 4.16. The lowest BCUT2D eigenvalue weighted by Gasteiger charge is -2.08. The van der Waals surface area contributed by atoms with Crippen LogP contribution < -0.4 is 5.32 Å². The minimum absolute atomic E-state index is 0.189. The molecule has 1 heterocycles. The summed E-state index contributed by atoms with van der Waals surface area (Å²) in [5, 5.41) is 11.9. The summed E-state index contributed by atoms with van der Waals surface area (Å²) in [5.41, 5.74) is 1.66. The van der Waals surface area contributed by atoms with E-state index in [1.165, 1.54) is 35.6 Å². The summed E-state index contributed by atoms with van der Waals surface area (Å²) in [6.45, 7) is 6.95. The molecule has 0 unspecified atom stereocenters. The van der Waals surface area contributed by atoms with E-state index < -0.39 is 15.1 Å². The Balaban J connectivity index is 2.26. The van der Waals surface area contributed by atoms with Crippen molar-refractivity contribution >= 4 is 32.1 Å². The molecule has 1 aromatic carbocycles. The van der Waals surface area contributed by atoms with Gasteiger partial charge in [0.15, 0.2) is 9.84 Å². The Kier molecular flexibility index (Phi) is 5.11. The van der Waals surface area contributed by atoms with Crippen LogP contribution in [0, 0.1) is 25.2 Å². The molecule has 0 aliphatic carbocycles. The second kappa shape index (κ2) is 6.75. The van der Waals surface area contributed by atoms with Crippen molar-refractivity contribution in [3.63, 3.8) is 0 Å². The maximum Gasteiger partial charge on any atom is 0.256 e. The van der Waals surface area contributed by atoms with Crippen LogP contribution in [0.15, 0.2) is 29.2 Å². The number of hydrogen-bond donors (Lipinski definition) is 1. The molecule has 1 N–H and O–H groups in total. The summed E-state index contributed by atoms with van der Waals surface area (Å²) in [6.07, 6.45) is 0. The van der Waals surface area contributed by atoms with Gasteiger partial charge in [-0.15, -0.1) is 11.3 Å². The third-order valence-corrected chi connectivity index (χ3v) is 7.08. The maximum absolute atomic E-state index is 12.3. The normalized spacial score (nSPS) is 11.3. The van der Waals surface area contributed by atoms with Gasteiger partial charge < -0.3 is 5.32 Å². The zero-order chi connectivity index (χ0) is 18.1. The van der Waals surface area contributed by atoms with Crippen molar-refractivity contribution < 1.29 is 13.2 Å². The number of nitrogens with one attached hydrogen (secondary N) is 1. The number of aryl methyl sites for hydroxylation is 1. The van der Waals surface area contributed by atoms with Crippen LogP contribution in [0.25, 0.3) is 0 Å². The SMILES string of the molecule is Cc1sc(NC(=O)c2ccc(S(=O)(=O)C(C)C)cc2)c(C#N)c1C. The van der Waals surface area contributed by atoms with E-state index in [9.17, 15) is 18.5 Å². The van der Waals surface area contributed by atoms with Crippen LogP contribution in [0.3, 0.4) is 0 Å². The molecule has 1 amide bonds. The van der Waals surface area contributed by atoms with E-state index in [1.807, 2.05) is 13.8 Å². The van der Waals surface area contributed by atoms with Gasteiger partial charge in [-0.1, -0.05) is 0 Å². The number of rotatable bonds is 4. The average molecular weight is 362 g/mol. The number of carbonyl (C=O) groups is 1. The molecule has 24 heavy (non-hydrogen) atoms. The van der Waals surface area contributed by atoms with Gasteiger partial charge in [0.05, 0.1) is 15.7 Å².